The first-order valence-electron chi connectivity index (χ1n) is 5.77. The van der Waals surface area contributed by atoms with E-state index in [4.69, 9.17) is 5.73 Å². The van der Waals surface area contributed by atoms with E-state index in [9.17, 15) is 8.42 Å². The maximum atomic E-state index is 12.0. The first-order valence-corrected chi connectivity index (χ1v) is 7.32. The molecule has 0 heterocycles. The number of benzene rings is 1. The summed E-state index contributed by atoms with van der Waals surface area (Å²) in [5.41, 5.74) is 6.41. The molecule has 17 heavy (non-hydrogen) atoms. The van der Waals surface area contributed by atoms with Crippen LogP contribution in [0, 0.1) is 0 Å². The number of nitrogens with two attached hydrogens (primary N) is 1. The van der Waals surface area contributed by atoms with E-state index in [1.807, 2.05) is 44.2 Å². The van der Waals surface area contributed by atoms with Gasteiger partial charge in [-0.3, -0.25) is 0 Å². The zero-order valence-electron chi connectivity index (χ0n) is 10.3. The molecule has 96 valence electrons. The highest BCUT2D eigenvalue weighted by molar-refractivity contribution is 7.90. The van der Waals surface area contributed by atoms with Gasteiger partial charge in [0.05, 0.1) is 5.25 Å². The lowest BCUT2D eigenvalue weighted by Crippen LogP contribution is -2.39. The summed E-state index contributed by atoms with van der Waals surface area (Å²) in [5, 5.41) is -0.520. The van der Waals surface area contributed by atoms with Crippen molar-refractivity contribution in [2.75, 3.05) is 6.54 Å². The second kappa shape index (κ2) is 6.14. The van der Waals surface area contributed by atoms with E-state index in [0.29, 0.717) is 6.42 Å². The van der Waals surface area contributed by atoms with Gasteiger partial charge in [-0.25, -0.2) is 13.1 Å². The van der Waals surface area contributed by atoms with Crippen LogP contribution < -0.4 is 10.5 Å². The molecule has 0 spiro atoms. The van der Waals surface area contributed by atoms with Crippen LogP contribution in [0.3, 0.4) is 0 Å². The molecule has 0 bridgehead atoms. The van der Waals surface area contributed by atoms with Gasteiger partial charge in [0, 0.05) is 12.6 Å². The largest absolute Gasteiger partial charge is 0.329 e. The monoisotopic (exact) mass is 256 g/mol. The topological polar surface area (TPSA) is 72.2 Å². The Hall–Kier alpha value is -0.910. The Morgan fingerprint density at radius 1 is 1.29 bits per heavy atom. The molecule has 1 aromatic rings. The quantitative estimate of drug-likeness (QED) is 0.808. The predicted molar refractivity (Wildman–Crippen MR) is 70.0 cm³/mol. The van der Waals surface area contributed by atoms with E-state index in [-0.39, 0.29) is 12.6 Å². The fourth-order valence-electron chi connectivity index (χ4n) is 1.67. The molecule has 0 saturated heterocycles. The van der Waals surface area contributed by atoms with Gasteiger partial charge in [-0.1, -0.05) is 37.3 Å². The average molecular weight is 256 g/mol. The number of hydrogen-bond acceptors (Lipinski definition) is 3. The fraction of sp³-hybridized carbons (Fsp3) is 0.500. The highest BCUT2D eigenvalue weighted by Gasteiger charge is 2.24. The molecule has 0 amide bonds. The lowest BCUT2D eigenvalue weighted by Gasteiger charge is -2.19. The van der Waals surface area contributed by atoms with Crippen molar-refractivity contribution in [1.29, 1.82) is 0 Å². The summed E-state index contributed by atoms with van der Waals surface area (Å²) in [6.07, 6.45) is 0.521. The summed E-state index contributed by atoms with van der Waals surface area (Å²) < 4.78 is 26.6. The average Bonchev–Trinajstić information content (AvgIpc) is 2.30. The Kier molecular flexibility index (Phi) is 5.11. The molecule has 1 rings (SSSR count). The molecule has 5 heteroatoms. The Morgan fingerprint density at radius 3 is 2.35 bits per heavy atom. The number of rotatable bonds is 6. The molecule has 0 aliphatic carbocycles. The number of nitrogens with one attached hydrogen (secondary N) is 1. The van der Waals surface area contributed by atoms with Crippen molar-refractivity contribution in [3.05, 3.63) is 35.9 Å². The Morgan fingerprint density at radius 2 is 1.88 bits per heavy atom. The third-order valence-electron chi connectivity index (χ3n) is 2.80. The minimum atomic E-state index is -3.34. The molecule has 2 atom stereocenters. The second-order valence-electron chi connectivity index (χ2n) is 4.06. The van der Waals surface area contributed by atoms with Crippen molar-refractivity contribution in [3.63, 3.8) is 0 Å². The van der Waals surface area contributed by atoms with Crippen molar-refractivity contribution >= 4 is 10.0 Å². The predicted octanol–water partition coefficient (Wildman–Crippen LogP) is 1.40. The SMILES string of the molecule is CCC(CN)S(=O)(=O)NC(C)c1ccccc1. The van der Waals surface area contributed by atoms with Crippen molar-refractivity contribution in [1.82, 2.24) is 4.72 Å². The molecule has 1 aromatic carbocycles. The first-order chi connectivity index (χ1) is 8.01. The van der Waals surface area contributed by atoms with E-state index in [1.165, 1.54) is 0 Å². The third-order valence-corrected chi connectivity index (χ3v) is 4.88. The van der Waals surface area contributed by atoms with Gasteiger partial charge in [-0.15, -0.1) is 0 Å². The summed E-state index contributed by atoms with van der Waals surface area (Å²) in [7, 11) is -3.34. The first kappa shape index (κ1) is 14.2. The minimum absolute atomic E-state index is 0.146. The number of hydrogen-bond donors (Lipinski definition) is 2. The van der Waals surface area contributed by atoms with Crippen LogP contribution in [-0.4, -0.2) is 20.2 Å². The van der Waals surface area contributed by atoms with E-state index in [0.717, 1.165) is 5.56 Å². The van der Waals surface area contributed by atoms with Gasteiger partial charge in [-0.05, 0) is 18.9 Å². The van der Waals surface area contributed by atoms with Gasteiger partial charge >= 0.3 is 0 Å². The highest BCUT2D eigenvalue weighted by atomic mass is 32.2. The van der Waals surface area contributed by atoms with Crippen molar-refractivity contribution in [3.8, 4) is 0 Å². The molecule has 3 N–H and O–H groups in total. The zero-order valence-corrected chi connectivity index (χ0v) is 11.1. The summed E-state index contributed by atoms with van der Waals surface area (Å²) in [6.45, 7) is 3.80. The minimum Gasteiger partial charge on any atom is -0.329 e. The van der Waals surface area contributed by atoms with Crippen molar-refractivity contribution in [2.45, 2.75) is 31.6 Å². The van der Waals surface area contributed by atoms with E-state index in [1.54, 1.807) is 0 Å². The van der Waals surface area contributed by atoms with Gasteiger partial charge in [-0.2, -0.15) is 0 Å². The Bertz CT molecular complexity index is 427. The molecule has 0 aliphatic rings. The number of sulfonamides is 1. The highest BCUT2D eigenvalue weighted by Crippen LogP contribution is 2.14. The van der Waals surface area contributed by atoms with Gasteiger partial charge < -0.3 is 5.73 Å². The van der Waals surface area contributed by atoms with Gasteiger partial charge in [0.1, 0.15) is 0 Å². The van der Waals surface area contributed by atoms with Crippen LogP contribution in [0.1, 0.15) is 31.9 Å². The third kappa shape index (κ3) is 3.80. The van der Waals surface area contributed by atoms with Crippen LogP contribution in [0.5, 0.6) is 0 Å². The van der Waals surface area contributed by atoms with E-state index in [2.05, 4.69) is 4.72 Å². The standard InChI is InChI=1S/C12H20N2O2S/c1-3-12(9-13)17(15,16)14-10(2)11-7-5-4-6-8-11/h4-8,10,12,14H,3,9,13H2,1-2H3. The molecular weight excluding hydrogens is 236 g/mol. The van der Waals surface area contributed by atoms with Crippen LogP contribution in [-0.2, 0) is 10.0 Å². The zero-order chi connectivity index (χ0) is 12.9. The van der Waals surface area contributed by atoms with E-state index < -0.39 is 15.3 Å². The van der Waals surface area contributed by atoms with Crippen molar-refractivity contribution in [2.24, 2.45) is 5.73 Å². The van der Waals surface area contributed by atoms with Crippen molar-refractivity contribution < 1.29 is 8.42 Å². The van der Waals surface area contributed by atoms with E-state index >= 15 is 0 Å². The molecule has 4 nitrogen and oxygen atoms in total. The second-order valence-corrected chi connectivity index (χ2v) is 6.05. The molecule has 0 aliphatic heterocycles. The Labute approximate surface area is 103 Å². The molecular formula is C12H20N2O2S. The maximum absolute atomic E-state index is 12.0. The summed E-state index contributed by atoms with van der Waals surface area (Å²) in [4.78, 5) is 0. The Balaban J connectivity index is 2.78. The van der Waals surface area contributed by atoms with Crippen LogP contribution in [0.4, 0.5) is 0 Å². The van der Waals surface area contributed by atoms with Gasteiger partial charge in [0.2, 0.25) is 10.0 Å². The molecule has 0 aromatic heterocycles. The van der Waals surface area contributed by atoms with Crippen LogP contribution >= 0.6 is 0 Å². The molecule has 0 saturated carbocycles. The summed E-state index contributed by atoms with van der Waals surface area (Å²) in [5.74, 6) is 0. The normalized spacial score (nSPS) is 15.5. The lowest BCUT2D eigenvalue weighted by molar-refractivity contribution is 0.547. The summed E-state index contributed by atoms with van der Waals surface area (Å²) in [6, 6.07) is 9.25. The van der Waals surface area contributed by atoms with Crippen LogP contribution in [0.15, 0.2) is 30.3 Å². The molecule has 0 fully saturated rings. The van der Waals surface area contributed by atoms with Gasteiger partial charge in [0.15, 0.2) is 0 Å². The lowest BCUT2D eigenvalue weighted by atomic mass is 10.1. The van der Waals surface area contributed by atoms with Crippen LogP contribution in [0.2, 0.25) is 0 Å². The molecule has 0 radical (unpaired) electrons. The smallest absolute Gasteiger partial charge is 0.216 e. The summed E-state index contributed by atoms with van der Waals surface area (Å²) >= 11 is 0. The van der Waals surface area contributed by atoms with Gasteiger partial charge in [0.25, 0.3) is 0 Å². The fourth-order valence-corrected chi connectivity index (χ4v) is 3.18. The maximum Gasteiger partial charge on any atom is 0.216 e. The van der Waals surface area contributed by atoms with Crippen LogP contribution in [0.25, 0.3) is 0 Å². The molecule has 2 unspecified atom stereocenters.